The molecule has 100 valence electrons. The van der Waals surface area contributed by atoms with E-state index in [1.165, 1.54) is 4.90 Å². The molecule has 7 heteroatoms. The fraction of sp³-hybridized carbons (Fsp3) is 0.900. The molecule has 1 unspecified atom stereocenters. The van der Waals surface area contributed by atoms with Crippen molar-refractivity contribution in [3.8, 4) is 0 Å². The van der Waals surface area contributed by atoms with Crippen LogP contribution in [0.1, 0.15) is 12.8 Å². The highest BCUT2D eigenvalue weighted by molar-refractivity contribution is 5.74. The molecule has 2 N–H and O–H groups in total. The maximum atomic E-state index is 11.9. The monoisotopic (exact) mass is 253 g/mol. The zero-order valence-corrected chi connectivity index (χ0v) is 9.81. The number of hydrogen-bond donors (Lipinski definition) is 2. The van der Waals surface area contributed by atoms with Gasteiger partial charge in [-0.05, 0) is 32.4 Å². The van der Waals surface area contributed by atoms with Crippen LogP contribution >= 0.6 is 0 Å². The minimum atomic E-state index is -4.35. The molecule has 0 saturated carbocycles. The Labute approximate surface area is 98.5 Å². The van der Waals surface area contributed by atoms with Crippen LogP contribution in [0, 0.1) is 5.92 Å². The normalized spacial score (nSPS) is 21.4. The molecule has 17 heavy (non-hydrogen) atoms. The highest BCUT2D eigenvalue weighted by Crippen LogP contribution is 2.16. The number of urea groups is 1. The summed E-state index contributed by atoms with van der Waals surface area (Å²) in [6, 6.07) is -0.622. The van der Waals surface area contributed by atoms with E-state index in [1.54, 1.807) is 0 Å². The van der Waals surface area contributed by atoms with Gasteiger partial charge >= 0.3 is 12.2 Å². The Morgan fingerprint density at radius 3 is 2.76 bits per heavy atom. The maximum absolute atomic E-state index is 11.9. The van der Waals surface area contributed by atoms with Gasteiger partial charge in [0.1, 0.15) is 6.54 Å². The van der Waals surface area contributed by atoms with Crippen molar-refractivity contribution in [2.75, 3.05) is 33.2 Å². The molecule has 0 aromatic heterocycles. The summed E-state index contributed by atoms with van der Waals surface area (Å²) in [5, 5.41) is 4.91. The van der Waals surface area contributed by atoms with Crippen molar-refractivity contribution >= 4 is 6.03 Å². The van der Waals surface area contributed by atoms with E-state index in [0.29, 0.717) is 19.0 Å². The molecule has 1 aliphatic heterocycles. The number of nitrogens with one attached hydrogen (secondary N) is 2. The Balaban J connectivity index is 2.36. The van der Waals surface area contributed by atoms with Gasteiger partial charge in [0, 0.05) is 13.1 Å². The first-order valence-electron chi connectivity index (χ1n) is 5.66. The van der Waals surface area contributed by atoms with Gasteiger partial charge in [-0.2, -0.15) is 13.2 Å². The van der Waals surface area contributed by atoms with E-state index in [4.69, 9.17) is 0 Å². The van der Waals surface area contributed by atoms with Crippen LogP contribution in [0.5, 0.6) is 0 Å². The number of rotatable bonds is 3. The number of piperidine rings is 1. The summed E-state index contributed by atoms with van der Waals surface area (Å²) in [6.07, 6.45) is -2.51. The SMILES string of the molecule is CNCC1CCCN(C(=O)NCC(F)(F)F)C1. The Morgan fingerprint density at radius 1 is 1.47 bits per heavy atom. The van der Waals surface area contributed by atoms with Crippen LogP contribution in [-0.4, -0.2) is 50.3 Å². The van der Waals surface area contributed by atoms with E-state index in [0.717, 1.165) is 19.4 Å². The lowest BCUT2D eigenvalue weighted by molar-refractivity contribution is -0.123. The smallest absolute Gasteiger partial charge is 0.329 e. The maximum Gasteiger partial charge on any atom is 0.405 e. The number of alkyl halides is 3. The first kappa shape index (κ1) is 14.1. The second-order valence-corrected chi connectivity index (χ2v) is 4.29. The van der Waals surface area contributed by atoms with Crippen molar-refractivity contribution in [1.29, 1.82) is 0 Å². The second kappa shape index (κ2) is 6.09. The quantitative estimate of drug-likeness (QED) is 0.793. The largest absolute Gasteiger partial charge is 0.405 e. The third-order valence-corrected chi connectivity index (χ3v) is 2.74. The standard InChI is InChI=1S/C10H18F3N3O/c1-14-5-8-3-2-4-16(6-8)9(17)15-7-10(11,12)13/h8,14H,2-7H2,1H3,(H,15,17). The molecular formula is C10H18F3N3O. The predicted octanol–water partition coefficient (Wildman–Crippen LogP) is 1.19. The minimum absolute atomic E-state index is 0.324. The molecule has 1 saturated heterocycles. The highest BCUT2D eigenvalue weighted by atomic mass is 19.4. The van der Waals surface area contributed by atoms with Gasteiger partial charge in [0.25, 0.3) is 0 Å². The molecule has 2 amide bonds. The summed E-state index contributed by atoms with van der Waals surface area (Å²) in [5.41, 5.74) is 0. The lowest BCUT2D eigenvalue weighted by atomic mass is 9.98. The molecule has 1 rings (SSSR count). The van der Waals surface area contributed by atoms with E-state index < -0.39 is 18.8 Å². The first-order valence-corrected chi connectivity index (χ1v) is 5.66. The second-order valence-electron chi connectivity index (χ2n) is 4.29. The molecule has 1 atom stereocenters. The molecule has 1 aliphatic rings. The van der Waals surface area contributed by atoms with Crippen LogP contribution in [0.4, 0.5) is 18.0 Å². The summed E-state index contributed by atoms with van der Waals surface area (Å²) in [6.45, 7) is 0.566. The number of amides is 2. The summed E-state index contributed by atoms with van der Waals surface area (Å²) in [7, 11) is 1.82. The number of halogens is 3. The van der Waals surface area contributed by atoms with Crippen molar-refractivity contribution in [2.24, 2.45) is 5.92 Å². The van der Waals surface area contributed by atoms with Gasteiger partial charge in [0.15, 0.2) is 0 Å². The number of carbonyl (C=O) groups excluding carboxylic acids is 1. The Kier molecular flexibility index (Phi) is 5.04. The van der Waals surface area contributed by atoms with Crippen LogP contribution < -0.4 is 10.6 Å². The molecule has 4 nitrogen and oxygen atoms in total. The van der Waals surface area contributed by atoms with E-state index >= 15 is 0 Å². The Hall–Kier alpha value is -0.980. The van der Waals surface area contributed by atoms with Crippen LogP contribution in [-0.2, 0) is 0 Å². The molecule has 0 radical (unpaired) electrons. The topological polar surface area (TPSA) is 44.4 Å². The number of likely N-dealkylation sites (tertiary alicyclic amines) is 1. The van der Waals surface area contributed by atoms with E-state index in [9.17, 15) is 18.0 Å². The number of hydrogen-bond acceptors (Lipinski definition) is 2. The molecule has 1 fully saturated rings. The van der Waals surface area contributed by atoms with Crippen LogP contribution in [0.3, 0.4) is 0 Å². The van der Waals surface area contributed by atoms with Gasteiger partial charge in [0.05, 0.1) is 0 Å². The predicted molar refractivity (Wildman–Crippen MR) is 57.7 cm³/mol. The van der Waals surface area contributed by atoms with Gasteiger partial charge in [-0.1, -0.05) is 0 Å². The van der Waals surface area contributed by atoms with Crippen molar-refractivity contribution in [3.63, 3.8) is 0 Å². The van der Waals surface area contributed by atoms with Crippen molar-refractivity contribution in [3.05, 3.63) is 0 Å². The van der Waals surface area contributed by atoms with Crippen molar-refractivity contribution in [2.45, 2.75) is 19.0 Å². The fourth-order valence-corrected chi connectivity index (χ4v) is 1.99. The summed E-state index contributed by atoms with van der Waals surface area (Å²) in [5.74, 6) is 0.324. The Morgan fingerprint density at radius 2 is 2.18 bits per heavy atom. The average molecular weight is 253 g/mol. The third-order valence-electron chi connectivity index (χ3n) is 2.74. The summed E-state index contributed by atoms with van der Waals surface area (Å²) < 4.78 is 35.8. The summed E-state index contributed by atoms with van der Waals surface area (Å²) >= 11 is 0. The highest BCUT2D eigenvalue weighted by Gasteiger charge is 2.30. The lowest BCUT2D eigenvalue weighted by Crippen LogP contribution is -2.48. The van der Waals surface area contributed by atoms with Crippen molar-refractivity contribution in [1.82, 2.24) is 15.5 Å². The zero-order chi connectivity index (χ0) is 12.9. The molecule has 0 aliphatic carbocycles. The molecule has 0 spiro atoms. The fourth-order valence-electron chi connectivity index (χ4n) is 1.99. The molecule has 0 aromatic carbocycles. The van der Waals surface area contributed by atoms with Crippen LogP contribution in [0.15, 0.2) is 0 Å². The van der Waals surface area contributed by atoms with E-state index in [1.807, 2.05) is 12.4 Å². The van der Waals surface area contributed by atoms with E-state index in [-0.39, 0.29) is 0 Å². The van der Waals surface area contributed by atoms with Crippen molar-refractivity contribution < 1.29 is 18.0 Å². The molecule has 1 heterocycles. The minimum Gasteiger partial charge on any atom is -0.329 e. The molecular weight excluding hydrogens is 235 g/mol. The third kappa shape index (κ3) is 5.25. The van der Waals surface area contributed by atoms with Crippen LogP contribution in [0.25, 0.3) is 0 Å². The number of carbonyl (C=O) groups is 1. The molecule has 0 aromatic rings. The van der Waals surface area contributed by atoms with Crippen LogP contribution in [0.2, 0.25) is 0 Å². The lowest BCUT2D eigenvalue weighted by Gasteiger charge is -2.32. The Bertz CT molecular complexity index is 256. The first-order chi connectivity index (χ1) is 7.92. The van der Waals surface area contributed by atoms with Gasteiger partial charge in [-0.15, -0.1) is 0 Å². The summed E-state index contributed by atoms with van der Waals surface area (Å²) in [4.78, 5) is 12.9. The average Bonchev–Trinajstić information content (AvgIpc) is 2.26. The van der Waals surface area contributed by atoms with Gasteiger partial charge in [-0.3, -0.25) is 0 Å². The zero-order valence-electron chi connectivity index (χ0n) is 9.81. The molecule has 0 bridgehead atoms. The number of nitrogens with zero attached hydrogens (tertiary/aromatic N) is 1. The van der Waals surface area contributed by atoms with Gasteiger partial charge < -0.3 is 15.5 Å². The van der Waals surface area contributed by atoms with Gasteiger partial charge in [-0.25, -0.2) is 4.79 Å². The van der Waals surface area contributed by atoms with Gasteiger partial charge in [0.2, 0.25) is 0 Å². The van der Waals surface area contributed by atoms with E-state index in [2.05, 4.69) is 5.32 Å².